The summed E-state index contributed by atoms with van der Waals surface area (Å²) in [6.07, 6.45) is 0.455. The summed E-state index contributed by atoms with van der Waals surface area (Å²) in [4.78, 5) is 18.0. The second-order valence-electron chi connectivity index (χ2n) is 7.59. The third-order valence-corrected chi connectivity index (χ3v) is 5.19. The predicted molar refractivity (Wildman–Crippen MR) is 123 cm³/mol. The number of ether oxygens (including phenoxy) is 4. The van der Waals surface area contributed by atoms with E-state index in [1.165, 1.54) is 14.2 Å². The van der Waals surface area contributed by atoms with Gasteiger partial charge in [-0.1, -0.05) is 30.3 Å². The van der Waals surface area contributed by atoms with Crippen molar-refractivity contribution in [2.75, 3.05) is 40.6 Å². The van der Waals surface area contributed by atoms with Crippen molar-refractivity contribution in [3.05, 3.63) is 65.7 Å². The maximum absolute atomic E-state index is 13.2. The largest absolute Gasteiger partial charge is 0.494 e. The second kappa shape index (κ2) is 12.3. The molecule has 2 aromatic carbocycles. The molecule has 0 bridgehead atoms. The van der Waals surface area contributed by atoms with Gasteiger partial charge in [-0.05, 0) is 29.8 Å². The minimum atomic E-state index is -1.13. The number of nitrogens with zero attached hydrogens (tertiary/aromatic N) is 1. The Balaban J connectivity index is 1.76. The molecule has 178 valence electrons. The molecule has 0 fully saturated rings. The van der Waals surface area contributed by atoms with E-state index in [1.807, 2.05) is 54.6 Å². The number of amides is 1. The molecule has 0 aromatic heterocycles. The first-order chi connectivity index (χ1) is 16.1. The molecule has 9 heteroatoms. The number of aliphatic imine (C=N–C) groups is 1. The maximum atomic E-state index is 13.2. The summed E-state index contributed by atoms with van der Waals surface area (Å²) >= 11 is 0. The van der Waals surface area contributed by atoms with E-state index in [0.717, 1.165) is 11.1 Å². The van der Waals surface area contributed by atoms with Gasteiger partial charge < -0.3 is 24.1 Å². The minimum absolute atomic E-state index is 0.0841. The average molecular weight is 458 g/mol. The molecular formula is C24H31N3O6. The van der Waals surface area contributed by atoms with Crippen LogP contribution in [0.15, 0.2) is 59.6 Å². The lowest BCUT2D eigenvalue weighted by atomic mass is 9.91. The van der Waals surface area contributed by atoms with E-state index in [2.05, 4.69) is 10.9 Å². The first-order valence-corrected chi connectivity index (χ1v) is 10.8. The maximum Gasteiger partial charge on any atom is 0.266 e. The van der Waals surface area contributed by atoms with Gasteiger partial charge in [-0.15, -0.1) is 0 Å². The highest BCUT2D eigenvalue weighted by molar-refractivity contribution is 6.00. The van der Waals surface area contributed by atoms with E-state index in [-0.39, 0.29) is 25.7 Å². The number of carbonyl (C=O) groups excluding carboxylic acids is 1. The molecule has 0 aliphatic carbocycles. The Morgan fingerprint density at radius 2 is 1.88 bits per heavy atom. The van der Waals surface area contributed by atoms with Crippen LogP contribution in [-0.4, -0.2) is 69.3 Å². The van der Waals surface area contributed by atoms with Gasteiger partial charge in [0.25, 0.3) is 5.91 Å². The van der Waals surface area contributed by atoms with Crippen LogP contribution < -0.4 is 15.6 Å². The molecule has 1 aliphatic heterocycles. The molecule has 0 saturated carbocycles. The molecule has 3 rings (SSSR count). The summed E-state index contributed by atoms with van der Waals surface area (Å²) in [6, 6.07) is 17.0. The zero-order valence-corrected chi connectivity index (χ0v) is 19.0. The smallest absolute Gasteiger partial charge is 0.266 e. The molecule has 0 spiro atoms. The number of hydrogen-bond donors (Lipinski definition) is 3. The van der Waals surface area contributed by atoms with Crippen molar-refractivity contribution in [3.63, 3.8) is 0 Å². The summed E-state index contributed by atoms with van der Waals surface area (Å²) in [5, 5.41) is 8.88. The zero-order chi connectivity index (χ0) is 23.5. The highest BCUT2D eigenvalue weighted by Crippen LogP contribution is 2.27. The summed E-state index contributed by atoms with van der Waals surface area (Å²) in [6.45, 7) is 0.904. The predicted octanol–water partition coefficient (Wildman–Crippen LogP) is 1.45. The Hall–Kier alpha value is -2.98. The Labute approximate surface area is 193 Å². The summed E-state index contributed by atoms with van der Waals surface area (Å²) in [5.74, 6) is 0.778. The lowest BCUT2D eigenvalue weighted by Crippen LogP contribution is -2.54. The first-order valence-electron chi connectivity index (χ1n) is 10.8. The van der Waals surface area contributed by atoms with Crippen LogP contribution in [0, 0.1) is 0 Å². The molecule has 1 amide bonds. The minimum Gasteiger partial charge on any atom is -0.494 e. The van der Waals surface area contributed by atoms with Crippen LogP contribution in [0.2, 0.25) is 0 Å². The molecule has 1 aliphatic rings. The van der Waals surface area contributed by atoms with Gasteiger partial charge in [0.05, 0.1) is 13.2 Å². The normalized spacial score (nSPS) is 17.5. The van der Waals surface area contributed by atoms with E-state index >= 15 is 0 Å². The van der Waals surface area contributed by atoms with E-state index in [4.69, 9.17) is 29.0 Å². The van der Waals surface area contributed by atoms with Crippen molar-refractivity contribution in [1.82, 2.24) is 10.9 Å². The Morgan fingerprint density at radius 1 is 1.15 bits per heavy atom. The van der Waals surface area contributed by atoms with Crippen LogP contribution in [0.3, 0.4) is 0 Å². The van der Waals surface area contributed by atoms with Crippen molar-refractivity contribution < 1.29 is 28.8 Å². The fourth-order valence-corrected chi connectivity index (χ4v) is 3.36. The van der Waals surface area contributed by atoms with Crippen molar-refractivity contribution in [2.45, 2.75) is 24.7 Å². The Morgan fingerprint density at radius 3 is 2.55 bits per heavy atom. The molecule has 2 aromatic rings. The lowest BCUT2D eigenvalue weighted by molar-refractivity contribution is -0.129. The highest BCUT2D eigenvalue weighted by Gasteiger charge is 2.44. The zero-order valence-electron chi connectivity index (χ0n) is 19.0. The van der Waals surface area contributed by atoms with Crippen LogP contribution in [-0.2, 0) is 25.4 Å². The quantitative estimate of drug-likeness (QED) is 0.237. The summed E-state index contributed by atoms with van der Waals surface area (Å²) in [5.41, 5.74) is 6.16. The van der Waals surface area contributed by atoms with Crippen LogP contribution in [0.25, 0.3) is 0 Å². The van der Waals surface area contributed by atoms with Gasteiger partial charge in [0.15, 0.2) is 11.8 Å². The summed E-state index contributed by atoms with van der Waals surface area (Å²) < 4.78 is 21.7. The van der Waals surface area contributed by atoms with Crippen molar-refractivity contribution in [1.29, 1.82) is 0 Å². The van der Waals surface area contributed by atoms with Crippen molar-refractivity contribution >= 4 is 11.8 Å². The first kappa shape index (κ1) is 24.7. The SMILES string of the molecule is COC(CNNC(=O)[C@]1(Cc2ccccc2)COC(c2ccc(OCCCO)cc2)=N1)OC. The monoisotopic (exact) mass is 457 g/mol. The van der Waals surface area contributed by atoms with Gasteiger partial charge in [0.2, 0.25) is 5.90 Å². The van der Waals surface area contributed by atoms with Gasteiger partial charge in [-0.2, -0.15) is 0 Å². The number of aliphatic hydroxyl groups is 1. The number of aliphatic hydroxyl groups excluding tert-OH is 1. The fourth-order valence-electron chi connectivity index (χ4n) is 3.36. The highest BCUT2D eigenvalue weighted by atomic mass is 16.7. The molecule has 1 heterocycles. The summed E-state index contributed by atoms with van der Waals surface area (Å²) in [7, 11) is 3.05. The van der Waals surface area contributed by atoms with Crippen LogP contribution >= 0.6 is 0 Å². The number of nitrogens with one attached hydrogen (secondary N) is 2. The van der Waals surface area contributed by atoms with Crippen molar-refractivity contribution in [2.24, 2.45) is 4.99 Å². The van der Waals surface area contributed by atoms with Crippen LogP contribution in [0.5, 0.6) is 5.75 Å². The van der Waals surface area contributed by atoms with E-state index < -0.39 is 11.8 Å². The number of hydrazine groups is 1. The number of methoxy groups -OCH3 is 2. The molecule has 1 atom stereocenters. The Bertz CT molecular complexity index is 902. The van der Waals surface area contributed by atoms with E-state index in [1.54, 1.807) is 0 Å². The van der Waals surface area contributed by atoms with Crippen LogP contribution in [0.4, 0.5) is 0 Å². The van der Waals surface area contributed by atoms with Gasteiger partial charge in [0, 0.05) is 39.2 Å². The molecule has 0 radical (unpaired) electrons. The molecular weight excluding hydrogens is 426 g/mol. The standard InChI is InChI=1S/C24H31N3O6/c1-30-21(31-2)16-25-27-23(29)24(15-18-7-4-3-5-8-18)17-33-22(26-24)19-9-11-20(12-10-19)32-14-6-13-28/h3-5,7-12,21,25,28H,6,13-17H2,1-2H3,(H,27,29)/t24-/m0/s1. The topological polar surface area (TPSA) is 111 Å². The van der Waals surface area contributed by atoms with Gasteiger partial charge in [0.1, 0.15) is 12.4 Å². The molecule has 0 saturated heterocycles. The van der Waals surface area contributed by atoms with Crippen molar-refractivity contribution in [3.8, 4) is 5.75 Å². The molecule has 0 unspecified atom stereocenters. The second-order valence-corrected chi connectivity index (χ2v) is 7.59. The van der Waals surface area contributed by atoms with E-state index in [9.17, 15) is 4.79 Å². The average Bonchev–Trinajstić information content (AvgIpc) is 3.28. The third-order valence-electron chi connectivity index (χ3n) is 5.19. The van der Waals surface area contributed by atoms with Gasteiger partial charge >= 0.3 is 0 Å². The number of benzene rings is 2. The number of rotatable bonds is 13. The van der Waals surface area contributed by atoms with Gasteiger partial charge in [-0.3, -0.25) is 10.2 Å². The third kappa shape index (κ3) is 6.75. The lowest BCUT2D eigenvalue weighted by Gasteiger charge is -2.24. The van der Waals surface area contributed by atoms with Gasteiger partial charge in [-0.25, -0.2) is 10.4 Å². The Kier molecular flexibility index (Phi) is 9.20. The number of carbonyl (C=O) groups is 1. The molecule has 33 heavy (non-hydrogen) atoms. The fraction of sp³-hybridized carbons (Fsp3) is 0.417. The molecule has 9 nitrogen and oxygen atoms in total. The van der Waals surface area contributed by atoms with E-state index in [0.29, 0.717) is 31.1 Å². The van der Waals surface area contributed by atoms with Crippen LogP contribution in [0.1, 0.15) is 17.5 Å². The molecule has 3 N–H and O–H groups in total. The number of hydrogen-bond acceptors (Lipinski definition) is 8.